The number of amides is 1. The van der Waals surface area contributed by atoms with Crippen LogP contribution in [0.15, 0.2) is 36.4 Å². The van der Waals surface area contributed by atoms with Gasteiger partial charge in [0.15, 0.2) is 5.96 Å². The van der Waals surface area contributed by atoms with Crippen LogP contribution in [0.4, 0.5) is 15.8 Å². The lowest BCUT2D eigenvalue weighted by molar-refractivity contribution is -0.140. The Labute approximate surface area is 179 Å². The highest BCUT2D eigenvalue weighted by Gasteiger charge is 2.54. The Kier molecular flexibility index (Phi) is 4.11. The van der Waals surface area contributed by atoms with Crippen molar-refractivity contribution in [3.05, 3.63) is 58.9 Å². The average Bonchev–Trinajstić information content (AvgIpc) is 2.67. The molecule has 2 aliphatic carbocycles. The van der Waals surface area contributed by atoms with Gasteiger partial charge < -0.3 is 15.7 Å². The first kappa shape index (κ1) is 19.5. The maximum absolute atomic E-state index is 13.9. The Bertz CT molecular complexity index is 1140. The summed E-state index contributed by atoms with van der Waals surface area (Å²) in [4.78, 5) is 14.4. The van der Waals surface area contributed by atoms with E-state index in [9.17, 15) is 14.3 Å². The van der Waals surface area contributed by atoms with Crippen LogP contribution < -0.4 is 10.6 Å². The van der Waals surface area contributed by atoms with E-state index >= 15 is 0 Å². The molecule has 2 aromatic carbocycles. The van der Waals surface area contributed by atoms with Crippen molar-refractivity contribution in [2.75, 3.05) is 5.32 Å². The van der Waals surface area contributed by atoms with Crippen LogP contribution in [0, 0.1) is 22.6 Å². The molecular weight excluding hydrogens is 397 g/mol. The smallest absolute Gasteiger partial charge is 0.232 e. The van der Waals surface area contributed by atoms with Crippen LogP contribution in [-0.4, -0.2) is 33.5 Å². The summed E-state index contributed by atoms with van der Waals surface area (Å²) < 4.78 is 13.9. The molecule has 1 atom stereocenters. The van der Waals surface area contributed by atoms with E-state index in [1.165, 1.54) is 17.0 Å². The van der Waals surface area contributed by atoms with Crippen molar-refractivity contribution < 1.29 is 14.3 Å². The molecule has 0 unspecified atom stereocenters. The third-order valence-electron chi connectivity index (χ3n) is 6.57. The van der Waals surface area contributed by atoms with Crippen LogP contribution in [0.3, 0.4) is 0 Å². The Hall–Kier alpha value is -3.44. The van der Waals surface area contributed by atoms with Crippen molar-refractivity contribution in [1.82, 2.24) is 10.2 Å². The predicted octanol–water partition coefficient (Wildman–Crippen LogP) is 2.86. The predicted molar refractivity (Wildman–Crippen MR) is 112 cm³/mol. The number of carbonyl (C=O) groups excluding carboxylic acids is 1. The number of benzene rings is 2. The maximum atomic E-state index is 13.9. The molecule has 0 aromatic heterocycles. The summed E-state index contributed by atoms with van der Waals surface area (Å²) in [5, 5.41) is 33.8. The molecule has 2 fully saturated rings. The van der Waals surface area contributed by atoms with Gasteiger partial charge in [-0.1, -0.05) is 12.1 Å². The van der Waals surface area contributed by atoms with E-state index in [2.05, 4.69) is 10.6 Å². The Balaban J connectivity index is 1.36. The molecule has 7 nitrogen and oxygen atoms in total. The van der Waals surface area contributed by atoms with E-state index in [1.807, 2.05) is 24.3 Å². The molecule has 1 spiro atoms. The van der Waals surface area contributed by atoms with Gasteiger partial charge in [0, 0.05) is 23.8 Å². The Morgan fingerprint density at radius 1 is 1.32 bits per heavy atom. The Morgan fingerprint density at radius 2 is 2.10 bits per heavy atom. The third kappa shape index (κ3) is 3.04. The summed E-state index contributed by atoms with van der Waals surface area (Å²) in [5.41, 5.74) is 1.92. The second-order valence-corrected chi connectivity index (χ2v) is 9.00. The van der Waals surface area contributed by atoms with Gasteiger partial charge in [0.2, 0.25) is 5.91 Å². The number of carbonyl (C=O) groups is 1. The molecule has 8 heteroatoms. The zero-order valence-electron chi connectivity index (χ0n) is 17.0. The minimum absolute atomic E-state index is 0.00784. The van der Waals surface area contributed by atoms with E-state index < -0.39 is 17.0 Å². The number of hydrogen-bond acceptors (Lipinski definition) is 5. The quantitative estimate of drug-likeness (QED) is 0.611. The van der Waals surface area contributed by atoms with Crippen molar-refractivity contribution in [3.63, 3.8) is 0 Å². The van der Waals surface area contributed by atoms with Gasteiger partial charge in [-0.3, -0.25) is 15.1 Å². The molecule has 4 N–H and O–H groups in total. The summed E-state index contributed by atoms with van der Waals surface area (Å²) in [7, 11) is 0. The van der Waals surface area contributed by atoms with Crippen molar-refractivity contribution in [1.29, 1.82) is 10.7 Å². The zero-order chi connectivity index (χ0) is 22.0. The van der Waals surface area contributed by atoms with Crippen LogP contribution in [0.1, 0.15) is 42.9 Å². The lowest BCUT2D eigenvalue weighted by Crippen LogP contribution is -2.69. The van der Waals surface area contributed by atoms with E-state index in [-0.39, 0.29) is 29.9 Å². The van der Waals surface area contributed by atoms with E-state index in [0.29, 0.717) is 24.9 Å². The number of anilines is 2. The first-order valence-corrected chi connectivity index (χ1v) is 10.2. The molecular formula is C23H22FN5O2. The highest BCUT2D eigenvalue weighted by molar-refractivity contribution is 6.00. The minimum atomic E-state index is -0.769. The number of nitrogens with one attached hydrogen (secondary N) is 3. The second kappa shape index (κ2) is 6.53. The number of aliphatic hydroxyl groups is 1. The number of rotatable bonds is 3. The number of nitriles is 1. The molecule has 1 heterocycles. The molecule has 1 amide bonds. The Morgan fingerprint density at radius 3 is 2.74 bits per heavy atom. The number of halogens is 1. The van der Waals surface area contributed by atoms with Crippen LogP contribution in [0.5, 0.6) is 0 Å². The molecule has 3 aliphatic rings. The maximum Gasteiger partial charge on any atom is 0.232 e. The molecule has 0 bridgehead atoms. The fourth-order valence-corrected chi connectivity index (χ4v) is 5.06. The van der Waals surface area contributed by atoms with Crippen molar-refractivity contribution in [3.8, 4) is 6.07 Å². The normalized spacial score (nSPS) is 28.8. The highest BCUT2D eigenvalue weighted by Crippen LogP contribution is 2.48. The summed E-state index contributed by atoms with van der Waals surface area (Å²) in [6.45, 7) is 1.74. The van der Waals surface area contributed by atoms with Gasteiger partial charge in [-0.15, -0.1) is 0 Å². The molecule has 1 saturated heterocycles. The third-order valence-corrected chi connectivity index (χ3v) is 6.57. The highest BCUT2D eigenvalue weighted by atomic mass is 19.1. The van der Waals surface area contributed by atoms with Gasteiger partial charge >= 0.3 is 0 Å². The first-order valence-electron chi connectivity index (χ1n) is 10.2. The van der Waals surface area contributed by atoms with Crippen LogP contribution >= 0.6 is 0 Å². The van der Waals surface area contributed by atoms with Crippen molar-refractivity contribution >= 4 is 23.2 Å². The van der Waals surface area contributed by atoms with Gasteiger partial charge in [-0.2, -0.15) is 5.26 Å². The molecule has 1 saturated carbocycles. The largest absolute Gasteiger partial charge is 0.390 e. The molecule has 158 valence electrons. The monoisotopic (exact) mass is 419 g/mol. The van der Waals surface area contributed by atoms with Gasteiger partial charge in [-0.05, 0) is 55.2 Å². The van der Waals surface area contributed by atoms with Crippen molar-refractivity contribution in [2.24, 2.45) is 0 Å². The molecule has 0 radical (unpaired) electrons. The van der Waals surface area contributed by atoms with Gasteiger partial charge in [0.25, 0.3) is 0 Å². The summed E-state index contributed by atoms with van der Waals surface area (Å²) >= 11 is 0. The topological polar surface area (TPSA) is 112 Å². The number of hydrogen-bond donors (Lipinski definition) is 4. The standard InChI is InChI=1S/C23H22FN5O2/c1-22(31)8-15(9-22)29-20(30)11-23(28-21(29)26)10-16-17(23)3-2-4-19(16)27-14-6-5-13(12-25)18(24)7-14/h2-7,15,27,31H,8-11H2,1H3,(H2,26,28)/t15-,22+,23-/m0/s1. The lowest BCUT2D eigenvalue weighted by atomic mass is 9.66. The fourth-order valence-electron chi connectivity index (χ4n) is 5.06. The summed E-state index contributed by atoms with van der Waals surface area (Å²) in [5.74, 6) is -0.612. The van der Waals surface area contributed by atoms with Crippen LogP contribution in [0.2, 0.25) is 0 Å². The second-order valence-electron chi connectivity index (χ2n) is 9.00. The first-order chi connectivity index (χ1) is 14.7. The zero-order valence-corrected chi connectivity index (χ0v) is 17.0. The molecule has 31 heavy (non-hydrogen) atoms. The SMILES string of the molecule is C[C@]1(O)C[C@@H](N2C(=N)N[C@]3(CC2=O)Cc2c(Nc4ccc(C#N)c(F)c4)cccc23)C1. The van der Waals surface area contributed by atoms with E-state index in [4.69, 9.17) is 10.7 Å². The summed E-state index contributed by atoms with van der Waals surface area (Å²) in [6, 6.07) is 11.7. The number of fused-ring (bicyclic) bond motifs is 2. The van der Waals surface area contributed by atoms with E-state index in [0.717, 1.165) is 16.8 Å². The van der Waals surface area contributed by atoms with Crippen molar-refractivity contribution in [2.45, 2.75) is 49.8 Å². The van der Waals surface area contributed by atoms with Gasteiger partial charge in [0.05, 0.1) is 23.1 Å². The number of guanidine groups is 1. The molecule has 5 rings (SSSR count). The van der Waals surface area contributed by atoms with Crippen LogP contribution in [-0.2, 0) is 16.8 Å². The minimum Gasteiger partial charge on any atom is -0.390 e. The van der Waals surface area contributed by atoms with E-state index in [1.54, 1.807) is 13.0 Å². The van der Waals surface area contributed by atoms with Gasteiger partial charge in [-0.25, -0.2) is 4.39 Å². The molecule has 1 aliphatic heterocycles. The summed E-state index contributed by atoms with van der Waals surface area (Å²) in [6.07, 6.45) is 1.76. The number of nitrogens with zero attached hydrogens (tertiary/aromatic N) is 2. The molecule has 2 aromatic rings. The fraction of sp³-hybridized carbons (Fsp3) is 0.348. The van der Waals surface area contributed by atoms with Crippen LogP contribution in [0.25, 0.3) is 0 Å². The average molecular weight is 419 g/mol. The lowest BCUT2D eigenvalue weighted by Gasteiger charge is -2.54. The van der Waals surface area contributed by atoms with Gasteiger partial charge in [0.1, 0.15) is 11.9 Å².